The van der Waals surface area contributed by atoms with Gasteiger partial charge in [-0.05, 0) is 30.5 Å². The van der Waals surface area contributed by atoms with Gasteiger partial charge in [-0.2, -0.15) is 4.98 Å². The average Bonchev–Trinajstić information content (AvgIpc) is 2.42. The highest BCUT2D eigenvalue weighted by molar-refractivity contribution is 5.45. The van der Waals surface area contributed by atoms with Gasteiger partial charge in [-0.15, -0.1) is 0 Å². The molecule has 0 radical (unpaired) electrons. The van der Waals surface area contributed by atoms with E-state index in [1.807, 2.05) is 32.0 Å². The molecule has 1 aromatic heterocycles. The molecule has 0 fully saturated rings. The predicted octanol–water partition coefficient (Wildman–Crippen LogP) is 2.96. The lowest BCUT2D eigenvalue weighted by atomic mass is 10.1. The molecule has 0 unspecified atom stereocenters. The maximum Gasteiger partial charge on any atom is 0.222 e. The Labute approximate surface area is 113 Å². The highest BCUT2D eigenvalue weighted by Crippen LogP contribution is 2.29. The van der Waals surface area contributed by atoms with Crippen LogP contribution in [0.25, 0.3) is 0 Å². The van der Waals surface area contributed by atoms with Crippen LogP contribution in [-0.2, 0) is 6.54 Å². The van der Waals surface area contributed by atoms with Crippen molar-refractivity contribution in [2.45, 2.75) is 20.4 Å². The van der Waals surface area contributed by atoms with E-state index in [1.165, 1.54) is 0 Å². The van der Waals surface area contributed by atoms with Gasteiger partial charge in [0.15, 0.2) is 0 Å². The molecule has 2 N–H and O–H groups in total. The van der Waals surface area contributed by atoms with Crippen LogP contribution < -0.4 is 15.2 Å². The van der Waals surface area contributed by atoms with Gasteiger partial charge in [0.1, 0.15) is 5.75 Å². The van der Waals surface area contributed by atoms with E-state index in [2.05, 4.69) is 4.98 Å². The van der Waals surface area contributed by atoms with Gasteiger partial charge in [-0.25, -0.2) is 0 Å². The van der Waals surface area contributed by atoms with Gasteiger partial charge in [0.2, 0.25) is 11.8 Å². The van der Waals surface area contributed by atoms with E-state index in [-0.39, 0.29) is 0 Å². The first-order valence-corrected chi connectivity index (χ1v) is 6.13. The summed E-state index contributed by atoms with van der Waals surface area (Å²) in [6.45, 7) is 4.53. The summed E-state index contributed by atoms with van der Waals surface area (Å²) in [5, 5.41) is 0. The third kappa shape index (κ3) is 3.03. The van der Waals surface area contributed by atoms with E-state index in [1.54, 1.807) is 19.2 Å². The molecule has 1 heterocycles. The highest BCUT2D eigenvalue weighted by atomic mass is 16.5. The third-order valence-corrected chi connectivity index (χ3v) is 2.87. The number of nitrogens with two attached hydrogens (primary N) is 1. The zero-order chi connectivity index (χ0) is 13.8. The second kappa shape index (κ2) is 5.71. The topological polar surface area (TPSA) is 57.4 Å². The molecule has 4 heteroatoms. The maximum absolute atomic E-state index is 5.85. The van der Waals surface area contributed by atoms with Gasteiger partial charge in [0.25, 0.3) is 0 Å². The fraction of sp³-hybridized carbons (Fsp3) is 0.267. The smallest absolute Gasteiger partial charge is 0.222 e. The molecule has 2 rings (SSSR count). The van der Waals surface area contributed by atoms with Gasteiger partial charge >= 0.3 is 0 Å². The van der Waals surface area contributed by atoms with Crippen LogP contribution in [0.15, 0.2) is 30.3 Å². The number of nitrogens with zero attached hydrogens (tertiary/aromatic N) is 1. The van der Waals surface area contributed by atoms with Crippen LogP contribution in [-0.4, -0.2) is 12.1 Å². The largest absolute Gasteiger partial charge is 0.481 e. The summed E-state index contributed by atoms with van der Waals surface area (Å²) in [6, 6.07) is 9.49. The summed E-state index contributed by atoms with van der Waals surface area (Å²) in [6.07, 6.45) is 0. The maximum atomic E-state index is 5.85. The molecule has 0 atom stereocenters. The van der Waals surface area contributed by atoms with Crippen molar-refractivity contribution in [2.24, 2.45) is 5.73 Å². The summed E-state index contributed by atoms with van der Waals surface area (Å²) in [5.41, 5.74) is 8.85. The zero-order valence-corrected chi connectivity index (χ0v) is 11.4. The Morgan fingerprint density at radius 3 is 2.32 bits per heavy atom. The highest BCUT2D eigenvalue weighted by Gasteiger charge is 2.08. The Morgan fingerprint density at radius 1 is 1.11 bits per heavy atom. The minimum atomic E-state index is 0.519. The van der Waals surface area contributed by atoms with Crippen molar-refractivity contribution in [2.75, 3.05) is 7.11 Å². The molecule has 0 bridgehead atoms. The van der Waals surface area contributed by atoms with Crippen LogP contribution in [0.5, 0.6) is 17.5 Å². The van der Waals surface area contributed by atoms with Gasteiger partial charge in [0.05, 0.1) is 7.11 Å². The van der Waals surface area contributed by atoms with E-state index in [0.717, 1.165) is 22.4 Å². The van der Waals surface area contributed by atoms with Gasteiger partial charge < -0.3 is 15.2 Å². The second-order valence-corrected chi connectivity index (χ2v) is 4.38. The van der Waals surface area contributed by atoms with Crippen molar-refractivity contribution in [3.63, 3.8) is 0 Å². The van der Waals surface area contributed by atoms with Crippen LogP contribution in [0, 0.1) is 13.8 Å². The Bertz CT molecular complexity index is 559. The molecule has 0 aliphatic carbocycles. The molecule has 0 aliphatic rings. The number of hydrogen-bond acceptors (Lipinski definition) is 4. The summed E-state index contributed by atoms with van der Waals surface area (Å²) in [4.78, 5) is 4.24. The van der Waals surface area contributed by atoms with Crippen molar-refractivity contribution in [3.8, 4) is 17.5 Å². The van der Waals surface area contributed by atoms with Crippen molar-refractivity contribution in [3.05, 3.63) is 47.0 Å². The monoisotopic (exact) mass is 258 g/mol. The van der Waals surface area contributed by atoms with Gasteiger partial charge in [0, 0.05) is 18.7 Å². The molecule has 0 saturated heterocycles. The minimum Gasteiger partial charge on any atom is -0.481 e. The van der Waals surface area contributed by atoms with Crippen LogP contribution in [0.2, 0.25) is 0 Å². The molecule has 1 aromatic carbocycles. The van der Waals surface area contributed by atoms with E-state index < -0.39 is 0 Å². The van der Waals surface area contributed by atoms with E-state index >= 15 is 0 Å². The van der Waals surface area contributed by atoms with Crippen molar-refractivity contribution in [1.29, 1.82) is 0 Å². The minimum absolute atomic E-state index is 0.519. The Kier molecular flexibility index (Phi) is 4.02. The van der Waals surface area contributed by atoms with Gasteiger partial charge in [-0.3, -0.25) is 0 Å². The number of aryl methyl sites for hydroxylation is 2. The summed E-state index contributed by atoms with van der Waals surface area (Å²) >= 11 is 0. The normalized spacial score (nSPS) is 10.3. The molecule has 0 saturated carbocycles. The lowest BCUT2D eigenvalue weighted by molar-refractivity contribution is 0.382. The van der Waals surface area contributed by atoms with Gasteiger partial charge in [-0.1, -0.05) is 18.2 Å². The lowest BCUT2D eigenvalue weighted by Gasteiger charge is -2.13. The molecule has 19 heavy (non-hydrogen) atoms. The van der Waals surface area contributed by atoms with E-state index in [4.69, 9.17) is 15.2 Å². The Morgan fingerprint density at radius 2 is 1.74 bits per heavy atom. The number of aromatic nitrogens is 1. The number of ether oxygens (including phenoxy) is 2. The number of rotatable bonds is 4. The quantitative estimate of drug-likeness (QED) is 0.916. The predicted molar refractivity (Wildman–Crippen MR) is 74.7 cm³/mol. The lowest BCUT2D eigenvalue weighted by Crippen LogP contribution is -2.00. The average molecular weight is 258 g/mol. The fourth-order valence-electron chi connectivity index (χ4n) is 1.99. The fourth-order valence-corrected chi connectivity index (χ4v) is 1.99. The molecule has 2 aromatic rings. The molecule has 0 aliphatic heterocycles. The molecule has 4 nitrogen and oxygen atoms in total. The van der Waals surface area contributed by atoms with Crippen molar-refractivity contribution >= 4 is 0 Å². The molecule has 0 spiro atoms. The standard InChI is InChI=1S/C15H18N2O2/c1-10-7-12(9-16)8-11(2)15(10)19-14-6-4-5-13(17-14)18-3/h4-8H,9,16H2,1-3H3. The second-order valence-electron chi connectivity index (χ2n) is 4.38. The van der Waals surface area contributed by atoms with Crippen LogP contribution in [0.4, 0.5) is 0 Å². The van der Waals surface area contributed by atoms with Crippen LogP contribution in [0.1, 0.15) is 16.7 Å². The molecular weight excluding hydrogens is 240 g/mol. The Hall–Kier alpha value is -2.07. The Balaban J connectivity index is 2.32. The number of methoxy groups -OCH3 is 1. The first kappa shape index (κ1) is 13.4. The third-order valence-electron chi connectivity index (χ3n) is 2.87. The number of benzene rings is 1. The molecule has 100 valence electrons. The first-order chi connectivity index (χ1) is 9.13. The number of hydrogen-bond donors (Lipinski definition) is 1. The summed E-state index contributed by atoms with van der Waals surface area (Å²) < 4.78 is 10.9. The van der Waals surface area contributed by atoms with Crippen molar-refractivity contribution < 1.29 is 9.47 Å². The van der Waals surface area contributed by atoms with E-state index in [9.17, 15) is 0 Å². The van der Waals surface area contributed by atoms with E-state index in [0.29, 0.717) is 18.3 Å². The summed E-state index contributed by atoms with van der Waals surface area (Å²) in [5.74, 6) is 1.87. The summed E-state index contributed by atoms with van der Waals surface area (Å²) in [7, 11) is 1.58. The molecular formula is C15H18N2O2. The molecule has 0 amide bonds. The van der Waals surface area contributed by atoms with Crippen molar-refractivity contribution in [1.82, 2.24) is 4.98 Å². The number of pyridine rings is 1. The SMILES string of the molecule is COc1cccc(Oc2c(C)cc(CN)cc2C)n1. The zero-order valence-electron chi connectivity index (χ0n) is 11.4. The van der Waals surface area contributed by atoms with Crippen LogP contribution in [0.3, 0.4) is 0 Å². The van der Waals surface area contributed by atoms with Crippen LogP contribution >= 0.6 is 0 Å². The first-order valence-electron chi connectivity index (χ1n) is 6.13.